The highest BCUT2D eigenvalue weighted by atomic mass is 16.1. The highest BCUT2D eigenvalue weighted by molar-refractivity contribution is 5.76. The Balaban J connectivity index is 2.14. The van der Waals surface area contributed by atoms with Crippen molar-refractivity contribution in [3.63, 3.8) is 0 Å². The topological polar surface area (TPSA) is 83.8 Å². The fourth-order valence-electron chi connectivity index (χ4n) is 1.66. The van der Waals surface area contributed by atoms with Gasteiger partial charge in [-0.1, -0.05) is 13.8 Å². The van der Waals surface area contributed by atoms with Crippen LogP contribution in [0.5, 0.6) is 0 Å². The normalized spacial score (nSPS) is 12.7. The van der Waals surface area contributed by atoms with Crippen molar-refractivity contribution >= 4 is 5.91 Å². The molecule has 1 amide bonds. The number of aryl methyl sites for hydroxylation is 2. The van der Waals surface area contributed by atoms with Crippen LogP contribution in [0.3, 0.4) is 0 Å². The first-order valence-corrected chi connectivity index (χ1v) is 6.51. The van der Waals surface area contributed by atoms with Gasteiger partial charge in [-0.15, -0.1) is 0 Å². The van der Waals surface area contributed by atoms with E-state index in [1.54, 1.807) is 0 Å². The zero-order chi connectivity index (χ0) is 13.5. The summed E-state index contributed by atoms with van der Waals surface area (Å²) < 4.78 is 0. The maximum Gasteiger partial charge on any atom is 0.221 e. The molecule has 0 aliphatic heterocycles. The number of carbonyl (C=O) groups excluding carboxylic acids is 1. The number of aromatic amines is 1. The Morgan fingerprint density at radius 2 is 2.28 bits per heavy atom. The number of carbonyl (C=O) groups is 1. The largest absolute Gasteiger partial charge is 0.356 e. The van der Waals surface area contributed by atoms with Crippen LogP contribution in [0.1, 0.15) is 37.9 Å². The Kier molecular flexibility index (Phi) is 5.85. The van der Waals surface area contributed by atoms with E-state index in [9.17, 15) is 4.79 Å². The predicted molar refractivity (Wildman–Crippen MR) is 72.1 cm³/mol. The maximum absolute atomic E-state index is 11.6. The van der Waals surface area contributed by atoms with Crippen LogP contribution in [0, 0.1) is 12.8 Å². The van der Waals surface area contributed by atoms with Crippen molar-refractivity contribution in [3.8, 4) is 0 Å². The smallest absolute Gasteiger partial charge is 0.221 e. The molecule has 102 valence electrons. The second-order valence-corrected chi connectivity index (χ2v) is 5.09. The highest BCUT2D eigenvalue weighted by Gasteiger charge is 2.12. The molecule has 1 atom stereocenters. The van der Waals surface area contributed by atoms with Crippen LogP contribution in [-0.4, -0.2) is 28.7 Å². The molecule has 5 heteroatoms. The maximum atomic E-state index is 11.6. The molecule has 0 saturated carbocycles. The Morgan fingerprint density at radius 3 is 2.83 bits per heavy atom. The number of aromatic nitrogens is 2. The first-order chi connectivity index (χ1) is 8.50. The van der Waals surface area contributed by atoms with Crippen LogP contribution in [-0.2, 0) is 11.2 Å². The Morgan fingerprint density at radius 1 is 1.56 bits per heavy atom. The van der Waals surface area contributed by atoms with Gasteiger partial charge < -0.3 is 11.1 Å². The van der Waals surface area contributed by atoms with E-state index in [-0.39, 0.29) is 11.9 Å². The molecule has 0 spiro atoms. The van der Waals surface area contributed by atoms with Gasteiger partial charge in [-0.05, 0) is 31.2 Å². The van der Waals surface area contributed by atoms with Gasteiger partial charge in [0.05, 0.1) is 6.20 Å². The van der Waals surface area contributed by atoms with Crippen molar-refractivity contribution in [1.29, 1.82) is 0 Å². The third-order valence-electron chi connectivity index (χ3n) is 3.16. The van der Waals surface area contributed by atoms with Crippen molar-refractivity contribution in [3.05, 3.63) is 17.5 Å². The van der Waals surface area contributed by atoms with Crippen molar-refractivity contribution in [2.45, 2.75) is 46.1 Å². The van der Waals surface area contributed by atoms with Gasteiger partial charge in [0.2, 0.25) is 5.91 Å². The summed E-state index contributed by atoms with van der Waals surface area (Å²) in [4.78, 5) is 11.6. The highest BCUT2D eigenvalue weighted by Crippen LogP contribution is 2.05. The fraction of sp³-hybridized carbons (Fsp3) is 0.692. The van der Waals surface area contributed by atoms with Crippen molar-refractivity contribution in [1.82, 2.24) is 15.5 Å². The molecule has 0 bridgehead atoms. The lowest BCUT2D eigenvalue weighted by Crippen LogP contribution is -2.35. The number of hydrogen-bond acceptors (Lipinski definition) is 3. The lowest BCUT2D eigenvalue weighted by molar-refractivity contribution is -0.121. The second kappa shape index (κ2) is 7.16. The molecule has 4 N–H and O–H groups in total. The van der Waals surface area contributed by atoms with Gasteiger partial charge in [0, 0.05) is 24.7 Å². The van der Waals surface area contributed by atoms with Crippen molar-refractivity contribution in [2.75, 3.05) is 6.54 Å². The summed E-state index contributed by atoms with van der Waals surface area (Å²) in [6.45, 7) is 6.75. The van der Waals surface area contributed by atoms with Crippen LogP contribution in [0.25, 0.3) is 0 Å². The number of nitrogens with one attached hydrogen (secondary N) is 2. The minimum absolute atomic E-state index is 0.0418. The number of rotatable bonds is 7. The molecule has 0 radical (unpaired) electrons. The Hall–Kier alpha value is -1.36. The van der Waals surface area contributed by atoms with Crippen LogP contribution in [0.15, 0.2) is 6.20 Å². The van der Waals surface area contributed by atoms with E-state index >= 15 is 0 Å². The summed E-state index contributed by atoms with van der Waals surface area (Å²) in [7, 11) is 0. The number of amides is 1. The van der Waals surface area contributed by atoms with E-state index in [1.165, 1.54) is 5.56 Å². The third-order valence-corrected chi connectivity index (χ3v) is 3.16. The van der Waals surface area contributed by atoms with E-state index < -0.39 is 0 Å². The van der Waals surface area contributed by atoms with Gasteiger partial charge in [0.15, 0.2) is 0 Å². The molecular formula is C13H24N4O. The summed E-state index contributed by atoms with van der Waals surface area (Å²) in [5, 5.41) is 9.77. The van der Waals surface area contributed by atoms with Crippen LogP contribution >= 0.6 is 0 Å². The average molecular weight is 252 g/mol. The van der Waals surface area contributed by atoms with Gasteiger partial charge in [-0.3, -0.25) is 9.89 Å². The van der Waals surface area contributed by atoms with Gasteiger partial charge in [-0.25, -0.2) is 0 Å². The lowest BCUT2D eigenvalue weighted by atomic mass is 10.0. The molecule has 0 aliphatic rings. The molecule has 0 aromatic carbocycles. The summed E-state index contributed by atoms with van der Waals surface area (Å²) in [5.41, 5.74) is 8.16. The lowest BCUT2D eigenvalue weighted by Gasteiger charge is -2.14. The Bertz CT molecular complexity index is 373. The second-order valence-electron chi connectivity index (χ2n) is 5.09. The number of H-pyrrole nitrogens is 1. The van der Waals surface area contributed by atoms with Gasteiger partial charge in [-0.2, -0.15) is 5.10 Å². The van der Waals surface area contributed by atoms with Crippen molar-refractivity contribution < 1.29 is 4.79 Å². The van der Waals surface area contributed by atoms with E-state index in [1.807, 2.05) is 27.0 Å². The van der Waals surface area contributed by atoms with Gasteiger partial charge in [0.1, 0.15) is 0 Å². The summed E-state index contributed by atoms with van der Waals surface area (Å²) in [6.07, 6.45) is 4.09. The minimum atomic E-state index is -0.0545. The molecule has 1 aromatic rings. The molecule has 0 aliphatic carbocycles. The van der Waals surface area contributed by atoms with Gasteiger partial charge in [0.25, 0.3) is 0 Å². The van der Waals surface area contributed by atoms with Crippen molar-refractivity contribution in [2.24, 2.45) is 11.7 Å². The molecule has 1 aromatic heterocycles. The zero-order valence-electron chi connectivity index (χ0n) is 11.5. The third kappa shape index (κ3) is 4.87. The SMILES string of the molecule is Cc1[nH]ncc1CCCNC(=O)CC(N)C(C)C. The van der Waals surface area contributed by atoms with Crippen LogP contribution in [0.2, 0.25) is 0 Å². The molecule has 1 heterocycles. The first kappa shape index (κ1) is 14.7. The number of nitrogens with zero attached hydrogens (tertiary/aromatic N) is 1. The van der Waals surface area contributed by atoms with Gasteiger partial charge >= 0.3 is 0 Å². The number of nitrogens with two attached hydrogens (primary N) is 1. The van der Waals surface area contributed by atoms with Crippen LogP contribution < -0.4 is 11.1 Å². The molecule has 1 rings (SSSR count). The molecule has 18 heavy (non-hydrogen) atoms. The van der Waals surface area contributed by atoms with E-state index in [4.69, 9.17) is 5.73 Å². The summed E-state index contributed by atoms with van der Waals surface area (Å²) in [6, 6.07) is -0.0545. The quantitative estimate of drug-likeness (QED) is 0.636. The number of hydrogen-bond donors (Lipinski definition) is 3. The zero-order valence-corrected chi connectivity index (χ0v) is 11.5. The molecule has 0 saturated heterocycles. The predicted octanol–water partition coefficient (Wildman–Crippen LogP) is 1.14. The standard InChI is InChI=1S/C13H24N4O/c1-9(2)12(14)7-13(18)15-6-4-5-11-8-16-17-10(11)3/h8-9,12H,4-7,14H2,1-3H3,(H,15,18)(H,16,17). The monoisotopic (exact) mass is 252 g/mol. The fourth-order valence-corrected chi connectivity index (χ4v) is 1.66. The van der Waals surface area contributed by atoms with E-state index in [2.05, 4.69) is 15.5 Å². The van der Waals surface area contributed by atoms with E-state index in [0.29, 0.717) is 18.9 Å². The molecule has 0 fully saturated rings. The average Bonchev–Trinajstić information content (AvgIpc) is 2.70. The summed E-state index contributed by atoms with van der Waals surface area (Å²) >= 11 is 0. The van der Waals surface area contributed by atoms with E-state index in [0.717, 1.165) is 18.5 Å². The molecule has 1 unspecified atom stereocenters. The Labute approximate surface area is 109 Å². The molecular weight excluding hydrogens is 228 g/mol. The summed E-state index contributed by atoms with van der Waals surface area (Å²) in [5.74, 6) is 0.379. The minimum Gasteiger partial charge on any atom is -0.356 e. The molecule has 5 nitrogen and oxygen atoms in total. The van der Waals surface area contributed by atoms with Crippen LogP contribution in [0.4, 0.5) is 0 Å². The first-order valence-electron chi connectivity index (χ1n) is 6.51.